The Labute approximate surface area is 142 Å². The normalized spacial score (nSPS) is 28.5. The van der Waals surface area contributed by atoms with Crippen molar-refractivity contribution < 1.29 is 9.59 Å². The summed E-state index contributed by atoms with van der Waals surface area (Å²) >= 11 is 0. The van der Waals surface area contributed by atoms with Gasteiger partial charge in [-0.25, -0.2) is 9.69 Å². The predicted octanol–water partition coefficient (Wildman–Crippen LogP) is 1.50. The summed E-state index contributed by atoms with van der Waals surface area (Å²) in [6.45, 7) is 0.612. The largest absolute Gasteiger partial charge is 0.332 e. The number of hydrogen-bond acceptors (Lipinski definition) is 4. The number of hydrogen-bond donors (Lipinski definition) is 1. The molecule has 6 heteroatoms. The monoisotopic (exact) mass is 328 g/mol. The number of nitrogens with two attached hydrogens (primary N) is 1. The fourth-order valence-electron chi connectivity index (χ4n) is 4.18. The van der Waals surface area contributed by atoms with E-state index in [1.807, 2.05) is 24.3 Å². The molecule has 6 nitrogen and oxygen atoms in total. The number of imide groups is 1. The van der Waals surface area contributed by atoms with Crippen molar-refractivity contribution in [1.82, 2.24) is 9.80 Å². The molecule has 1 aromatic rings. The second-order valence-electron chi connectivity index (χ2n) is 7.37. The Kier molecular flexibility index (Phi) is 3.44. The van der Waals surface area contributed by atoms with Gasteiger partial charge in [0.1, 0.15) is 6.04 Å². The minimum atomic E-state index is -0.498. The summed E-state index contributed by atoms with van der Waals surface area (Å²) < 4.78 is 0. The first-order chi connectivity index (χ1) is 11.5. The molecule has 2 saturated heterocycles. The molecule has 3 fully saturated rings. The Bertz CT molecular complexity index is 681. The number of benzene rings is 1. The Hall–Kier alpha value is -1.92. The number of fused-ring (bicyclic) bond motifs is 1. The van der Waals surface area contributed by atoms with E-state index in [4.69, 9.17) is 5.73 Å². The van der Waals surface area contributed by atoms with Crippen molar-refractivity contribution in [2.45, 2.75) is 43.3 Å². The maximum Gasteiger partial charge on any atom is 0.332 e. The highest BCUT2D eigenvalue weighted by atomic mass is 16.2. The maximum absolute atomic E-state index is 12.7. The molecule has 24 heavy (non-hydrogen) atoms. The third kappa shape index (κ3) is 2.09. The number of nitrogens with zero attached hydrogens (tertiary/aromatic N) is 3. The first kappa shape index (κ1) is 15.6. The van der Waals surface area contributed by atoms with Gasteiger partial charge in [-0.05, 0) is 57.5 Å². The van der Waals surface area contributed by atoms with Crippen molar-refractivity contribution in [2.24, 2.45) is 5.73 Å². The van der Waals surface area contributed by atoms with Gasteiger partial charge >= 0.3 is 6.03 Å². The second kappa shape index (κ2) is 5.29. The number of anilines is 1. The van der Waals surface area contributed by atoms with Crippen molar-refractivity contribution in [3.05, 3.63) is 29.8 Å². The van der Waals surface area contributed by atoms with Gasteiger partial charge in [0.25, 0.3) is 5.91 Å². The van der Waals surface area contributed by atoms with Gasteiger partial charge in [-0.1, -0.05) is 12.1 Å². The van der Waals surface area contributed by atoms with Gasteiger partial charge in [0.05, 0.1) is 5.69 Å². The molecule has 2 N–H and O–H groups in total. The smallest absolute Gasteiger partial charge is 0.325 e. The fourth-order valence-corrected chi connectivity index (χ4v) is 4.18. The van der Waals surface area contributed by atoms with E-state index in [0.717, 1.165) is 25.7 Å². The minimum Gasteiger partial charge on any atom is -0.325 e. The summed E-state index contributed by atoms with van der Waals surface area (Å²) in [7, 11) is 4.18. The molecule has 1 aliphatic carbocycles. The first-order valence-corrected chi connectivity index (χ1v) is 8.64. The van der Waals surface area contributed by atoms with Gasteiger partial charge in [0.15, 0.2) is 0 Å². The van der Waals surface area contributed by atoms with E-state index in [1.54, 1.807) is 4.90 Å². The Morgan fingerprint density at radius 1 is 1.17 bits per heavy atom. The molecule has 2 heterocycles. The number of piperidine rings is 1. The van der Waals surface area contributed by atoms with E-state index >= 15 is 0 Å². The number of carbonyl (C=O) groups is 2. The van der Waals surface area contributed by atoms with Crippen LogP contribution >= 0.6 is 0 Å². The first-order valence-electron chi connectivity index (χ1n) is 8.64. The van der Waals surface area contributed by atoms with Crippen LogP contribution in [0.1, 0.15) is 31.2 Å². The molecule has 0 unspecified atom stereocenters. The van der Waals surface area contributed by atoms with E-state index in [0.29, 0.717) is 12.2 Å². The zero-order valence-electron chi connectivity index (χ0n) is 14.2. The molecular formula is C18H24N4O2. The van der Waals surface area contributed by atoms with Crippen LogP contribution in [-0.4, -0.2) is 54.5 Å². The van der Waals surface area contributed by atoms with Crippen molar-refractivity contribution in [1.29, 1.82) is 0 Å². The lowest BCUT2D eigenvalue weighted by atomic mass is 9.98. The van der Waals surface area contributed by atoms with Crippen LogP contribution in [0.15, 0.2) is 24.3 Å². The Morgan fingerprint density at radius 3 is 2.38 bits per heavy atom. The van der Waals surface area contributed by atoms with Crippen LogP contribution < -0.4 is 10.6 Å². The molecular weight excluding hydrogens is 304 g/mol. The lowest BCUT2D eigenvalue weighted by molar-refractivity contribution is -0.120. The fraction of sp³-hybridized carbons (Fsp3) is 0.556. The number of amides is 3. The van der Waals surface area contributed by atoms with E-state index in [1.165, 1.54) is 10.5 Å². The highest BCUT2D eigenvalue weighted by Crippen LogP contribution is 2.49. The van der Waals surface area contributed by atoms with Crippen molar-refractivity contribution in [3.63, 3.8) is 0 Å². The molecule has 128 valence electrons. The molecule has 1 saturated carbocycles. The molecule has 2 aliphatic heterocycles. The van der Waals surface area contributed by atoms with Gasteiger partial charge in [0.2, 0.25) is 0 Å². The molecule has 0 bridgehead atoms. The SMILES string of the molecule is CN(C)C1(c2ccc(N3C(=O)[C@@H]4[C@H](N)CCCN4C3=O)cc2)CC1. The Morgan fingerprint density at radius 2 is 1.83 bits per heavy atom. The third-order valence-electron chi connectivity index (χ3n) is 5.83. The van der Waals surface area contributed by atoms with Crippen LogP contribution in [0.3, 0.4) is 0 Å². The van der Waals surface area contributed by atoms with Gasteiger partial charge in [-0.3, -0.25) is 9.69 Å². The van der Waals surface area contributed by atoms with Crippen LogP contribution in [0.25, 0.3) is 0 Å². The molecule has 3 aliphatic rings. The zero-order chi connectivity index (χ0) is 17.1. The molecule has 0 spiro atoms. The topological polar surface area (TPSA) is 69.9 Å². The quantitative estimate of drug-likeness (QED) is 0.854. The molecule has 0 radical (unpaired) electrons. The van der Waals surface area contributed by atoms with Gasteiger partial charge in [0, 0.05) is 18.1 Å². The van der Waals surface area contributed by atoms with Crippen molar-refractivity contribution in [3.8, 4) is 0 Å². The summed E-state index contributed by atoms with van der Waals surface area (Å²) in [6.07, 6.45) is 3.93. The van der Waals surface area contributed by atoms with E-state index in [-0.39, 0.29) is 23.5 Å². The predicted molar refractivity (Wildman–Crippen MR) is 91.6 cm³/mol. The lowest BCUT2D eigenvalue weighted by Gasteiger charge is -2.31. The molecule has 4 rings (SSSR count). The van der Waals surface area contributed by atoms with E-state index in [9.17, 15) is 9.59 Å². The standard InChI is InChI=1S/C18H24N4O2/c1-20(2)18(9-10-18)12-5-7-13(8-6-12)22-16(23)15-14(19)4-3-11-21(15)17(22)24/h5-8,14-15H,3-4,9-11,19H2,1-2H3/t14-,15+/m1/s1. The maximum atomic E-state index is 12.7. The average molecular weight is 328 g/mol. The summed E-state index contributed by atoms with van der Waals surface area (Å²) in [4.78, 5) is 30.6. The highest BCUT2D eigenvalue weighted by molar-refractivity contribution is 6.21. The van der Waals surface area contributed by atoms with Gasteiger partial charge in [-0.2, -0.15) is 0 Å². The summed E-state index contributed by atoms with van der Waals surface area (Å²) in [5.74, 6) is -0.186. The van der Waals surface area contributed by atoms with Crippen LogP contribution in [0.4, 0.5) is 10.5 Å². The molecule has 3 amide bonds. The highest BCUT2D eigenvalue weighted by Gasteiger charge is 2.50. The molecule has 2 atom stereocenters. The Balaban J connectivity index is 1.62. The number of carbonyl (C=O) groups excluding carboxylic acids is 2. The third-order valence-corrected chi connectivity index (χ3v) is 5.83. The van der Waals surface area contributed by atoms with Crippen molar-refractivity contribution in [2.75, 3.05) is 25.5 Å². The van der Waals surface area contributed by atoms with E-state index in [2.05, 4.69) is 19.0 Å². The molecule has 1 aromatic carbocycles. The van der Waals surface area contributed by atoms with Crippen LogP contribution in [0.2, 0.25) is 0 Å². The second-order valence-corrected chi connectivity index (χ2v) is 7.37. The summed E-state index contributed by atoms with van der Waals surface area (Å²) in [5.41, 5.74) is 8.10. The van der Waals surface area contributed by atoms with Crippen LogP contribution in [0.5, 0.6) is 0 Å². The van der Waals surface area contributed by atoms with E-state index < -0.39 is 6.04 Å². The van der Waals surface area contributed by atoms with Gasteiger partial charge < -0.3 is 10.6 Å². The minimum absolute atomic E-state index is 0.122. The lowest BCUT2D eigenvalue weighted by Crippen LogP contribution is -2.52. The van der Waals surface area contributed by atoms with Crippen LogP contribution in [0, 0.1) is 0 Å². The van der Waals surface area contributed by atoms with Gasteiger partial charge in [-0.15, -0.1) is 0 Å². The van der Waals surface area contributed by atoms with Crippen molar-refractivity contribution >= 4 is 17.6 Å². The average Bonchev–Trinajstić information content (AvgIpc) is 3.33. The number of rotatable bonds is 3. The van der Waals surface area contributed by atoms with Crippen LogP contribution in [-0.2, 0) is 10.3 Å². The summed E-state index contributed by atoms with van der Waals surface area (Å²) in [6, 6.07) is 6.87. The number of urea groups is 1. The summed E-state index contributed by atoms with van der Waals surface area (Å²) in [5, 5.41) is 0. The molecule has 0 aromatic heterocycles. The zero-order valence-corrected chi connectivity index (χ0v) is 14.2.